The lowest BCUT2D eigenvalue weighted by molar-refractivity contribution is 0.0968. The van der Waals surface area contributed by atoms with Gasteiger partial charge in [0.1, 0.15) is 0 Å². The van der Waals surface area contributed by atoms with E-state index in [2.05, 4.69) is 43.0 Å². The number of rotatable bonds is 6. The number of sulfonamides is 1. The van der Waals surface area contributed by atoms with Gasteiger partial charge in [0.25, 0.3) is 15.9 Å². The van der Waals surface area contributed by atoms with E-state index in [-0.39, 0.29) is 10.9 Å². The number of piperazine rings is 1. The largest absolute Gasteiger partial charge is 0.438 e. The Morgan fingerprint density at radius 3 is 2.22 bits per heavy atom. The first-order chi connectivity index (χ1) is 12.8. The number of hydrogen-bond donors (Lipinski definition) is 1. The van der Waals surface area contributed by atoms with E-state index in [0.717, 1.165) is 6.54 Å². The van der Waals surface area contributed by atoms with Crippen molar-refractivity contribution < 1.29 is 17.6 Å². The Morgan fingerprint density at radius 2 is 1.70 bits per heavy atom. The molecule has 2 aromatic rings. The van der Waals surface area contributed by atoms with Crippen molar-refractivity contribution in [1.29, 1.82) is 0 Å². The molecule has 1 saturated heterocycles. The predicted octanol–water partition coefficient (Wildman–Crippen LogP) is 2.01. The van der Waals surface area contributed by atoms with Crippen LogP contribution in [0.2, 0.25) is 0 Å². The molecule has 0 saturated carbocycles. The summed E-state index contributed by atoms with van der Waals surface area (Å²) in [5.41, 5.74) is 7.64. The van der Waals surface area contributed by atoms with Gasteiger partial charge in [-0.05, 0) is 29.2 Å². The third kappa shape index (κ3) is 4.40. The zero-order chi connectivity index (χ0) is 19.6. The molecule has 0 bridgehead atoms. The van der Waals surface area contributed by atoms with Gasteiger partial charge >= 0.3 is 0 Å². The molecule has 0 unspecified atom stereocenters. The molecule has 1 aliphatic rings. The fourth-order valence-corrected chi connectivity index (χ4v) is 4.45. The number of nitrogens with zero attached hydrogens (tertiary/aromatic N) is 2. The first-order valence-corrected chi connectivity index (χ1v) is 10.4. The van der Waals surface area contributed by atoms with Gasteiger partial charge in [0.05, 0.1) is 0 Å². The predicted molar refractivity (Wildman–Crippen MR) is 102 cm³/mol. The molecule has 27 heavy (non-hydrogen) atoms. The molecule has 0 atom stereocenters. The van der Waals surface area contributed by atoms with Gasteiger partial charge in [0, 0.05) is 32.7 Å². The minimum Gasteiger partial charge on any atom is -0.438 e. The maximum atomic E-state index is 12.7. The van der Waals surface area contributed by atoms with E-state index in [1.54, 1.807) is 0 Å². The molecule has 1 fully saturated rings. The third-order valence-corrected chi connectivity index (χ3v) is 6.58. The highest BCUT2D eigenvalue weighted by molar-refractivity contribution is 7.89. The average Bonchev–Trinajstić information content (AvgIpc) is 3.14. The summed E-state index contributed by atoms with van der Waals surface area (Å²) in [7, 11) is -3.75. The smallest absolute Gasteiger partial charge is 0.284 e. The molecule has 2 N–H and O–H groups in total. The van der Waals surface area contributed by atoms with Gasteiger partial charge < -0.3 is 10.2 Å². The van der Waals surface area contributed by atoms with E-state index in [4.69, 9.17) is 10.2 Å². The normalized spacial score (nSPS) is 16.7. The second-order valence-corrected chi connectivity index (χ2v) is 8.93. The van der Waals surface area contributed by atoms with Crippen LogP contribution >= 0.6 is 0 Å². The van der Waals surface area contributed by atoms with Crippen molar-refractivity contribution in [2.24, 2.45) is 5.73 Å². The Kier molecular flexibility index (Phi) is 5.69. The van der Waals surface area contributed by atoms with Crippen LogP contribution in [0.15, 0.2) is 45.9 Å². The summed E-state index contributed by atoms with van der Waals surface area (Å²) in [6.07, 6.45) is 0. The van der Waals surface area contributed by atoms with Gasteiger partial charge in [0.15, 0.2) is 5.76 Å². The Hall–Kier alpha value is -2.16. The molecule has 0 radical (unpaired) electrons. The van der Waals surface area contributed by atoms with Gasteiger partial charge in [-0.15, -0.1) is 0 Å². The van der Waals surface area contributed by atoms with Crippen LogP contribution in [0.25, 0.3) is 0 Å². The van der Waals surface area contributed by atoms with Crippen LogP contribution in [0.5, 0.6) is 0 Å². The van der Waals surface area contributed by atoms with E-state index in [9.17, 15) is 13.2 Å². The number of carbonyl (C=O) groups is 1. The summed E-state index contributed by atoms with van der Waals surface area (Å²) in [4.78, 5) is 13.3. The summed E-state index contributed by atoms with van der Waals surface area (Å²) in [6, 6.07) is 11.1. The van der Waals surface area contributed by atoms with E-state index < -0.39 is 15.9 Å². The van der Waals surface area contributed by atoms with Crippen LogP contribution in [0, 0.1) is 0 Å². The molecule has 146 valence electrons. The minimum absolute atomic E-state index is 0.156. The van der Waals surface area contributed by atoms with E-state index in [1.165, 1.54) is 27.6 Å². The topological polar surface area (TPSA) is 96.9 Å². The second kappa shape index (κ2) is 7.84. The fourth-order valence-electron chi connectivity index (χ4n) is 3.11. The summed E-state index contributed by atoms with van der Waals surface area (Å²) < 4.78 is 31.8. The highest BCUT2D eigenvalue weighted by atomic mass is 32.2. The molecule has 8 heteroatoms. The van der Waals surface area contributed by atoms with Crippen molar-refractivity contribution in [2.45, 2.75) is 31.4 Å². The molecule has 1 amide bonds. The molecule has 3 rings (SSSR count). The van der Waals surface area contributed by atoms with Crippen molar-refractivity contribution in [3.05, 3.63) is 53.3 Å². The van der Waals surface area contributed by atoms with E-state index >= 15 is 0 Å². The van der Waals surface area contributed by atoms with Crippen LogP contribution in [0.4, 0.5) is 0 Å². The number of furan rings is 1. The van der Waals surface area contributed by atoms with Crippen molar-refractivity contribution in [3.63, 3.8) is 0 Å². The lowest BCUT2D eigenvalue weighted by Crippen LogP contribution is -2.48. The molecule has 1 aliphatic heterocycles. The summed E-state index contributed by atoms with van der Waals surface area (Å²) in [5, 5.41) is -0.242. The summed E-state index contributed by atoms with van der Waals surface area (Å²) >= 11 is 0. The molecular formula is C19H25N3O4S. The van der Waals surface area contributed by atoms with Crippen molar-refractivity contribution in [3.8, 4) is 0 Å². The van der Waals surface area contributed by atoms with Crippen LogP contribution in [0.1, 0.15) is 41.4 Å². The molecule has 0 aliphatic carbocycles. The Bertz CT molecular complexity index is 895. The SMILES string of the molecule is CC(C)c1ccc(CN2CCN(S(=O)(=O)c3ccc(C(N)=O)o3)CC2)cc1. The lowest BCUT2D eigenvalue weighted by Gasteiger charge is -2.33. The van der Waals surface area contributed by atoms with Gasteiger partial charge in [-0.2, -0.15) is 4.31 Å². The van der Waals surface area contributed by atoms with Crippen LogP contribution in [0.3, 0.4) is 0 Å². The van der Waals surface area contributed by atoms with Crippen LogP contribution < -0.4 is 5.73 Å². The molecule has 0 spiro atoms. The van der Waals surface area contributed by atoms with Gasteiger partial charge in [-0.25, -0.2) is 8.42 Å². The Balaban J connectivity index is 1.60. The van der Waals surface area contributed by atoms with Crippen molar-refractivity contribution in [1.82, 2.24) is 9.21 Å². The maximum absolute atomic E-state index is 12.7. The van der Waals surface area contributed by atoms with Crippen molar-refractivity contribution >= 4 is 15.9 Å². The first kappa shape index (κ1) is 19.6. The minimum atomic E-state index is -3.75. The maximum Gasteiger partial charge on any atom is 0.284 e. The number of amides is 1. The van der Waals surface area contributed by atoms with Gasteiger partial charge in [-0.1, -0.05) is 38.1 Å². The number of carbonyl (C=O) groups excluding carboxylic acids is 1. The van der Waals surface area contributed by atoms with Crippen molar-refractivity contribution in [2.75, 3.05) is 26.2 Å². The first-order valence-electron chi connectivity index (χ1n) is 8.98. The molecule has 1 aromatic carbocycles. The molecule has 7 nitrogen and oxygen atoms in total. The fraction of sp³-hybridized carbons (Fsp3) is 0.421. The zero-order valence-electron chi connectivity index (χ0n) is 15.6. The Labute approximate surface area is 159 Å². The van der Waals surface area contributed by atoms with E-state index in [1.807, 2.05) is 0 Å². The highest BCUT2D eigenvalue weighted by Gasteiger charge is 2.31. The van der Waals surface area contributed by atoms with E-state index in [0.29, 0.717) is 32.1 Å². The highest BCUT2D eigenvalue weighted by Crippen LogP contribution is 2.21. The molecule has 1 aromatic heterocycles. The summed E-state index contributed by atoms with van der Waals surface area (Å²) in [5.74, 6) is -0.439. The number of hydrogen-bond acceptors (Lipinski definition) is 5. The Morgan fingerprint density at radius 1 is 1.07 bits per heavy atom. The lowest BCUT2D eigenvalue weighted by atomic mass is 10.0. The summed E-state index contributed by atoms with van der Waals surface area (Å²) in [6.45, 7) is 7.14. The zero-order valence-corrected chi connectivity index (χ0v) is 16.4. The van der Waals surface area contributed by atoms with Gasteiger partial charge in [0.2, 0.25) is 5.09 Å². The quantitative estimate of drug-likeness (QED) is 0.812. The number of nitrogens with two attached hydrogens (primary N) is 1. The number of primary amides is 1. The molecule has 2 heterocycles. The standard InChI is InChI=1S/C19H25N3O4S/c1-14(2)16-5-3-15(4-6-16)13-21-9-11-22(12-10-21)27(24,25)18-8-7-17(26-18)19(20)23/h3-8,14H,9-13H2,1-2H3,(H2,20,23). The van der Waals surface area contributed by atoms with Crippen LogP contribution in [-0.4, -0.2) is 49.7 Å². The average molecular weight is 391 g/mol. The number of benzene rings is 1. The van der Waals surface area contributed by atoms with Gasteiger partial charge in [-0.3, -0.25) is 9.69 Å². The van der Waals surface area contributed by atoms with Crippen LogP contribution in [-0.2, 0) is 16.6 Å². The third-order valence-electron chi connectivity index (χ3n) is 4.80. The molecular weight excluding hydrogens is 366 g/mol. The second-order valence-electron chi connectivity index (χ2n) is 7.06. The monoisotopic (exact) mass is 391 g/mol.